The first-order chi connectivity index (χ1) is 13.1. The predicted octanol–water partition coefficient (Wildman–Crippen LogP) is 3.67. The van der Waals surface area contributed by atoms with Crippen molar-refractivity contribution in [1.29, 1.82) is 0 Å². The Kier molecular flexibility index (Phi) is 4.26. The summed E-state index contributed by atoms with van der Waals surface area (Å²) >= 11 is 0. The number of carbonyl (C=O) groups is 3. The maximum absolute atomic E-state index is 12.5. The third-order valence-corrected chi connectivity index (χ3v) is 4.41. The summed E-state index contributed by atoms with van der Waals surface area (Å²) in [7, 11) is 0. The number of hydrogen-bond acceptors (Lipinski definition) is 3. The van der Waals surface area contributed by atoms with Crippen LogP contribution in [0.15, 0.2) is 78.9 Å². The number of fused-ring (bicyclic) bond motifs is 1. The van der Waals surface area contributed by atoms with Crippen LogP contribution < -0.4 is 10.2 Å². The van der Waals surface area contributed by atoms with Gasteiger partial charge in [-0.3, -0.25) is 14.4 Å². The molecule has 0 fully saturated rings. The smallest absolute Gasteiger partial charge is 0.266 e. The van der Waals surface area contributed by atoms with Gasteiger partial charge in [0.15, 0.2) is 0 Å². The van der Waals surface area contributed by atoms with Gasteiger partial charge in [-0.2, -0.15) is 0 Å². The largest absolute Gasteiger partial charge is 0.326 e. The van der Waals surface area contributed by atoms with Gasteiger partial charge in [-0.25, -0.2) is 4.90 Å². The number of anilines is 2. The summed E-state index contributed by atoms with van der Waals surface area (Å²) in [5.74, 6) is -0.803. The van der Waals surface area contributed by atoms with Crippen LogP contribution in [-0.4, -0.2) is 17.7 Å². The van der Waals surface area contributed by atoms with Gasteiger partial charge in [-0.1, -0.05) is 42.5 Å². The fourth-order valence-corrected chi connectivity index (χ4v) is 3.10. The van der Waals surface area contributed by atoms with Gasteiger partial charge >= 0.3 is 0 Å². The molecule has 5 nitrogen and oxygen atoms in total. The highest BCUT2D eigenvalue weighted by Gasteiger charge is 2.36. The van der Waals surface area contributed by atoms with Crippen LogP contribution in [0.3, 0.4) is 0 Å². The average molecular weight is 356 g/mol. The van der Waals surface area contributed by atoms with Gasteiger partial charge in [0, 0.05) is 5.69 Å². The molecule has 3 amide bonds. The Labute approximate surface area is 156 Å². The molecule has 0 saturated carbocycles. The molecule has 0 radical (unpaired) electrons. The Balaban J connectivity index is 1.48. The minimum atomic E-state index is -0.337. The Bertz CT molecular complexity index is 992. The van der Waals surface area contributed by atoms with E-state index in [1.807, 2.05) is 30.3 Å². The molecule has 0 bridgehead atoms. The van der Waals surface area contributed by atoms with Crippen molar-refractivity contribution in [2.75, 3.05) is 10.2 Å². The molecule has 3 aromatic carbocycles. The SMILES string of the molecule is O=C(Cc1ccccc1)Nc1ccc(N2C(=O)c3ccccc3C2=O)cc1. The van der Waals surface area contributed by atoms with Gasteiger partial charge in [-0.05, 0) is 42.0 Å². The number of nitrogens with one attached hydrogen (secondary N) is 1. The summed E-state index contributed by atoms with van der Waals surface area (Å²) < 4.78 is 0. The highest BCUT2D eigenvalue weighted by Crippen LogP contribution is 2.29. The molecule has 1 N–H and O–H groups in total. The molecular weight excluding hydrogens is 340 g/mol. The van der Waals surface area contributed by atoms with E-state index in [0.29, 0.717) is 22.5 Å². The molecule has 0 spiro atoms. The number of amides is 3. The summed E-state index contributed by atoms with van der Waals surface area (Å²) in [6, 6.07) is 22.9. The summed E-state index contributed by atoms with van der Waals surface area (Å²) in [5, 5.41) is 2.82. The summed E-state index contributed by atoms with van der Waals surface area (Å²) in [6.45, 7) is 0. The zero-order valence-electron chi connectivity index (χ0n) is 14.4. The van der Waals surface area contributed by atoms with E-state index in [2.05, 4.69) is 5.32 Å². The van der Waals surface area contributed by atoms with Crippen LogP contribution in [0.4, 0.5) is 11.4 Å². The van der Waals surface area contributed by atoms with Gasteiger partial charge in [0.1, 0.15) is 0 Å². The number of hydrogen-bond donors (Lipinski definition) is 1. The van der Waals surface area contributed by atoms with Crippen LogP contribution in [0.1, 0.15) is 26.3 Å². The highest BCUT2D eigenvalue weighted by atomic mass is 16.2. The van der Waals surface area contributed by atoms with E-state index in [9.17, 15) is 14.4 Å². The molecule has 0 unspecified atom stereocenters. The topological polar surface area (TPSA) is 66.5 Å². The molecule has 0 atom stereocenters. The van der Waals surface area contributed by atoms with E-state index in [4.69, 9.17) is 0 Å². The van der Waals surface area contributed by atoms with Crippen molar-refractivity contribution >= 4 is 29.1 Å². The van der Waals surface area contributed by atoms with Crippen molar-refractivity contribution in [2.45, 2.75) is 6.42 Å². The number of rotatable bonds is 4. The number of benzene rings is 3. The maximum Gasteiger partial charge on any atom is 0.266 e. The van der Waals surface area contributed by atoms with E-state index in [-0.39, 0.29) is 24.1 Å². The van der Waals surface area contributed by atoms with E-state index in [1.54, 1.807) is 48.5 Å². The molecule has 1 aliphatic rings. The molecular formula is C22H16N2O3. The second-order valence-electron chi connectivity index (χ2n) is 6.25. The van der Waals surface area contributed by atoms with Crippen molar-refractivity contribution in [3.8, 4) is 0 Å². The average Bonchev–Trinajstić information content (AvgIpc) is 2.94. The lowest BCUT2D eigenvalue weighted by atomic mass is 10.1. The second kappa shape index (κ2) is 6.88. The lowest BCUT2D eigenvalue weighted by Gasteiger charge is -2.14. The van der Waals surface area contributed by atoms with E-state index < -0.39 is 0 Å². The quantitative estimate of drug-likeness (QED) is 0.726. The molecule has 0 aromatic heterocycles. The molecule has 132 valence electrons. The standard InChI is InChI=1S/C22H16N2O3/c25-20(14-15-6-2-1-3-7-15)23-16-10-12-17(13-11-16)24-21(26)18-8-4-5-9-19(18)22(24)27/h1-13H,14H2,(H,23,25). The van der Waals surface area contributed by atoms with Crippen LogP contribution in [0, 0.1) is 0 Å². The second-order valence-corrected chi connectivity index (χ2v) is 6.25. The van der Waals surface area contributed by atoms with Crippen molar-refractivity contribution in [3.63, 3.8) is 0 Å². The van der Waals surface area contributed by atoms with Crippen molar-refractivity contribution in [3.05, 3.63) is 95.6 Å². The lowest BCUT2D eigenvalue weighted by Crippen LogP contribution is -2.29. The minimum Gasteiger partial charge on any atom is -0.326 e. The molecule has 27 heavy (non-hydrogen) atoms. The Morgan fingerprint density at radius 1 is 0.741 bits per heavy atom. The fraction of sp³-hybridized carbons (Fsp3) is 0.0455. The first-order valence-corrected chi connectivity index (χ1v) is 8.55. The van der Waals surface area contributed by atoms with Crippen LogP contribution in [0.5, 0.6) is 0 Å². The zero-order chi connectivity index (χ0) is 18.8. The molecule has 3 aromatic rings. The van der Waals surface area contributed by atoms with Gasteiger partial charge in [0.2, 0.25) is 5.91 Å². The molecule has 0 aliphatic carbocycles. The molecule has 5 heteroatoms. The zero-order valence-corrected chi connectivity index (χ0v) is 14.4. The summed E-state index contributed by atoms with van der Waals surface area (Å²) in [6.07, 6.45) is 0.279. The third kappa shape index (κ3) is 3.22. The number of carbonyl (C=O) groups excluding carboxylic acids is 3. The summed E-state index contributed by atoms with van der Waals surface area (Å²) in [4.78, 5) is 38.3. The molecule has 1 aliphatic heterocycles. The van der Waals surface area contributed by atoms with Crippen LogP contribution in [0.2, 0.25) is 0 Å². The van der Waals surface area contributed by atoms with E-state index in [0.717, 1.165) is 10.5 Å². The number of imide groups is 1. The van der Waals surface area contributed by atoms with E-state index in [1.165, 1.54) is 0 Å². The monoisotopic (exact) mass is 356 g/mol. The maximum atomic E-state index is 12.5. The van der Waals surface area contributed by atoms with Crippen molar-refractivity contribution in [1.82, 2.24) is 0 Å². The minimum absolute atomic E-state index is 0.130. The van der Waals surface area contributed by atoms with Crippen LogP contribution >= 0.6 is 0 Å². The molecule has 0 saturated heterocycles. The van der Waals surface area contributed by atoms with Crippen LogP contribution in [0.25, 0.3) is 0 Å². The number of nitrogens with zero attached hydrogens (tertiary/aromatic N) is 1. The Morgan fingerprint density at radius 2 is 1.30 bits per heavy atom. The van der Waals surface area contributed by atoms with E-state index >= 15 is 0 Å². The van der Waals surface area contributed by atoms with Crippen molar-refractivity contribution in [2.24, 2.45) is 0 Å². The van der Waals surface area contributed by atoms with Crippen molar-refractivity contribution < 1.29 is 14.4 Å². The molecule has 4 rings (SSSR count). The summed E-state index contributed by atoms with van der Waals surface area (Å²) in [5.41, 5.74) is 2.82. The first kappa shape index (κ1) is 16.7. The Morgan fingerprint density at radius 3 is 1.89 bits per heavy atom. The molecule has 1 heterocycles. The Hall–Kier alpha value is -3.73. The predicted molar refractivity (Wildman–Crippen MR) is 103 cm³/mol. The highest BCUT2D eigenvalue weighted by molar-refractivity contribution is 6.34. The van der Waals surface area contributed by atoms with Gasteiger partial charge < -0.3 is 5.32 Å². The van der Waals surface area contributed by atoms with Gasteiger partial charge in [-0.15, -0.1) is 0 Å². The van der Waals surface area contributed by atoms with Gasteiger partial charge in [0.25, 0.3) is 11.8 Å². The van der Waals surface area contributed by atoms with Gasteiger partial charge in [0.05, 0.1) is 23.2 Å². The first-order valence-electron chi connectivity index (χ1n) is 8.55. The van der Waals surface area contributed by atoms with Crippen LogP contribution in [-0.2, 0) is 11.2 Å². The third-order valence-electron chi connectivity index (χ3n) is 4.41. The lowest BCUT2D eigenvalue weighted by molar-refractivity contribution is -0.115. The fourth-order valence-electron chi connectivity index (χ4n) is 3.10. The normalized spacial score (nSPS) is 12.8.